The van der Waals surface area contributed by atoms with Crippen molar-refractivity contribution in [1.82, 2.24) is 4.90 Å². The first-order valence-corrected chi connectivity index (χ1v) is 11.0. The molecular weight excluding hydrogens is 509 g/mol. The number of nitrogens with one attached hydrogen (secondary N) is 2. The molecular formula is C19H22IN3O3S2. The highest BCUT2D eigenvalue weighted by atomic mass is 127. The maximum Gasteiger partial charge on any atom is 0.341 e. The molecule has 9 heteroatoms. The molecule has 1 heterocycles. The molecule has 0 radical (unpaired) electrons. The molecule has 0 aliphatic rings. The van der Waals surface area contributed by atoms with Gasteiger partial charge in [-0.25, -0.2) is 4.79 Å². The summed E-state index contributed by atoms with van der Waals surface area (Å²) in [5.74, 6) is -0.617. The number of halogens is 1. The van der Waals surface area contributed by atoms with Crippen molar-refractivity contribution in [2.45, 2.75) is 20.8 Å². The zero-order chi connectivity index (χ0) is 20.8. The molecule has 6 nitrogen and oxygen atoms in total. The van der Waals surface area contributed by atoms with E-state index in [1.165, 1.54) is 18.4 Å². The number of ether oxygens (including phenoxy) is 1. The normalized spacial score (nSPS) is 10.3. The second-order valence-corrected chi connectivity index (χ2v) is 8.38. The van der Waals surface area contributed by atoms with Crippen LogP contribution in [0, 0.1) is 10.5 Å². The summed E-state index contributed by atoms with van der Waals surface area (Å²) in [7, 11) is 1.32. The van der Waals surface area contributed by atoms with Gasteiger partial charge < -0.3 is 20.3 Å². The Morgan fingerprint density at radius 2 is 1.86 bits per heavy atom. The van der Waals surface area contributed by atoms with E-state index < -0.39 is 5.97 Å². The van der Waals surface area contributed by atoms with Crippen LogP contribution in [0.5, 0.6) is 0 Å². The quantitative estimate of drug-likeness (QED) is 0.319. The van der Waals surface area contributed by atoms with Crippen LogP contribution >= 0.6 is 46.1 Å². The molecule has 0 bridgehead atoms. The van der Waals surface area contributed by atoms with Crippen molar-refractivity contribution in [2.24, 2.45) is 0 Å². The Kier molecular flexibility index (Phi) is 8.20. The highest BCUT2D eigenvalue weighted by Crippen LogP contribution is 2.34. The van der Waals surface area contributed by atoms with Crippen LogP contribution in [0.25, 0.3) is 0 Å². The molecule has 2 aromatic rings. The monoisotopic (exact) mass is 531 g/mol. The van der Waals surface area contributed by atoms with Crippen molar-refractivity contribution in [3.8, 4) is 0 Å². The predicted octanol–water partition coefficient (Wildman–Crippen LogP) is 4.74. The van der Waals surface area contributed by atoms with Gasteiger partial charge in [-0.1, -0.05) is 12.1 Å². The molecule has 28 heavy (non-hydrogen) atoms. The highest BCUT2D eigenvalue weighted by Gasteiger charge is 2.27. The Morgan fingerprint density at radius 3 is 2.43 bits per heavy atom. The first kappa shape index (κ1) is 22.6. The van der Waals surface area contributed by atoms with Crippen molar-refractivity contribution in [1.29, 1.82) is 0 Å². The van der Waals surface area contributed by atoms with Crippen LogP contribution < -0.4 is 10.6 Å². The lowest BCUT2D eigenvalue weighted by Gasteiger charge is -2.18. The predicted molar refractivity (Wildman–Crippen MR) is 127 cm³/mol. The van der Waals surface area contributed by atoms with Crippen molar-refractivity contribution in [3.63, 3.8) is 0 Å². The lowest BCUT2D eigenvalue weighted by molar-refractivity contribution is 0.0601. The molecule has 1 aromatic heterocycles. The van der Waals surface area contributed by atoms with Gasteiger partial charge in [0, 0.05) is 16.7 Å². The van der Waals surface area contributed by atoms with Gasteiger partial charge in [0.05, 0.1) is 23.2 Å². The van der Waals surface area contributed by atoms with E-state index in [-0.39, 0.29) is 5.91 Å². The first-order valence-electron chi connectivity index (χ1n) is 8.67. The third-order valence-corrected chi connectivity index (χ3v) is 6.47. The maximum absolute atomic E-state index is 12.8. The average Bonchev–Trinajstić information content (AvgIpc) is 2.99. The summed E-state index contributed by atoms with van der Waals surface area (Å²) in [4.78, 5) is 27.4. The zero-order valence-corrected chi connectivity index (χ0v) is 19.9. The Bertz CT molecular complexity index is 895. The molecule has 0 atom stereocenters. The number of thiophene rings is 1. The molecule has 0 fully saturated rings. The summed E-state index contributed by atoms with van der Waals surface area (Å²) >= 11 is 8.83. The second-order valence-electron chi connectivity index (χ2n) is 5.79. The minimum atomic E-state index is -0.507. The van der Waals surface area contributed by atoms with E-state index in [0.29, 0.717) is 39.2 Å². The van der Waals surface area contributed by atoms with Gasteiger partial charge in [-0.3, -0.25) is 4.79 Å². The number of rotatable bonds is 6. The van der Waals surface area contributed by atoms with Crippen LogP contribution in [-0.4, -0.2) is 42.1 Å². The largest absolute Gasteiger partial charge is 0.465 e. The number of anilines is 2. The van der Waals surface area contributed by atoms with Gasteiger partial charge in [-0.15, -0.1) is 11.3 Å². The van der Waals surface area contributed by atoms with E-state index in [1.54, 1.807) is 11.8 Å². The second kappa shape index (κ2) is 10.2. The fraction of sp³-hybridized carbons (Fsp3) is 0.316. The van der Waals surface area contributed by atoms with Gasteiger partial charge >= 0.3 is 5.97 Å². The molecule has 0 saturated carbocycles. The highest BCUT2D eigenvalue weighted by molar-refractivity contribution is 14.1. The Morgan fingerprint density at radius 1 is 1.21 bits per heavy atom. The number of esters is 1. The molecule has 0 unspecified atom stereocenters. The summed E-state index contributed by atoms with van der Waals surface area (Å²) in [6, 6.07) is 7.71. The number of thiocarbonyl (C=S) groups is 1. The standard InChI is InChI=1S/C19H22IN3O3S2/c1-5-23(6-2)17(24)15-11(3)14(18(25)26-4)16(28-15)22-19(27)21-13-10-8-7-9-12(13)20/h7-10H,5-6H2,1-4H3,(H2,21,22,27). The van der Waals surface area contributed by atoms with Crippen molar-refractivity contribution in [2.75, 3.05) is 30.8 Å². The van der Waals surface area contributed by atoms with Crippen molar-refractivity contribution in [3.05, 3.63) is 43.8 Å². The molecule has 1 amide bonds. The molecule has 2 N–H and O–H groups in total. The number of hydrogen-bond donors (Lipinski definition) is 2. The van der Waals surface area contributed by atoms with E-state index in [9.17, 15) is 9.59 Å². The van der Waals surface area contributed by atoms with Crippen molar-refractivity contribution < 1.29 is 14.3 Å². The third-order valence-electron chi connectivity index (χ3n) is 4.13. The van der Waals surface area contributed by atoms with Crippen LogP contribution in [0.1, 0.15) is 39.4 Å². The number of nitrogens with zero attached hydrogens (tertiary/aromatic N) is 1. The number of para-hydroxylation sites is 1. The Labute approximate surface area is 187 Å². The average molecular weight is 531 g/mol. The Hall–Kier alpha value is -1.72. The van der Waals surface area contributed by atoms with Crippen LogP contribution in [0.3, 0.4) is 0 Å². The fourth-order valence-electron chi connectivity index (χ4n) is 2.63. The van der Waals surface area contributed by atoms with Gasteiger partial charge in [-0.05, 0) is 73.3 Å². The Balaban J connectivity index is 2.35. The molecule has 150 valence electrons. The van der Waals surface area contributed by atoms with E-state index in [0.717, 1.165) is 9.26 Å². The molecule has 1 aromatic carbocycles. The summed E-state index contributed by atoms with van der Waals surface area (Å²) < 4.78 is 5.93. The molecule has 0 aliphatic carbocycles. The molecule has 0 aliphatic heterocycles. The van der Waals surface area contributed by atoms with Crippen LogP contribution in [-0.2, 0) is 4.74 Å². The summed E-state index contributed by atoms with van der Waals surface area (Å²) in [5.41, 5.74) is 1.77. The van der Waals surface area contributed by atoms with Crippen LogP contribution in [0.2, 0.25) is 0 Å². The fourth-order valence-corrected chi connectivity index (χ4v) is 4.59. The molecule has 0 spiro atoms. The third kappa shape index (κ3) is 5.00. The van der Waals surface area contributed by atoms with Gasteiger partial charge in [0.1, 0.15) is 5.00 Å². The maximum atomic E-state index is 12.8. The van der Waals surface area contributed by atoms with Crippen LogP contribution in [0.4, 0.5) is 10.7 Å². The summed E-state index contributed by atoms with van der Waals surface area (Å²) in [6.45, 7) is 6.78. The zero-order valence-electron chi connectivity index (χ0n) is 16.1. The van der Waals surface area contributed by atoms with E-state index in [4.69, 9.17) is 17.0 Å². The summed E-state index contributed by atoms with van der Waals surface area (Å²) in [6.07, 6.45) is 0. The minimum Gasteiger partial charge on any atom is -0.465 e. The lowest BCUT2D eigenvalue weighted by Crippen LogP contribution is -2.30. The number of carbonyl (C=O) groups excluding carboxylic acids is 2. The van der Waals surface area contributed by atoms with Crippen LogP contribution in [0.15, 0.2) is 24.3 Å². The topological polar surface area (TPSA) is 70.7 Å². The SMILES string of the molecule is CCN(CC)C(=O)c1sc(NC(=S)Nc2ccccc2I)c(C(=O)OC)c1C. The van der Waals surface area contributed by atoms with Gasteiger partial charge in [0.25, 0.3) is 5.91 Å². The number of hydrogen-bond acceptors (Lipinski definition) is 5. The van der Waals surface area contributed by atoms with E-state index in [1.807, 2.05) is 38.1 Å². The lowest BCUT2D eigenvalue weighted by atomic mass is 10.1. The first-order chi connectivity index (χ1) is 13.3. The number of amides is 1. The van der Waals surface area contributed by atoms with Crippen molar-refractivity contribution >= 4 is 73.8 Å². The summed E-state index contributed by atoms with van der Waals surface area (Å²) in [5, 5.41) is 6.99. The van der Waals surface area contributed by atoms with Gasteiger partial charge in [-0.2, -0.15) is 0 Å². The van der Waals surface area contributed by atoms with Gasteiger partial charge in [0.2, 0.25) is 0 Å². The van der Waals surface area contributed by atoms with E-state index in [2.05, 4.69) is 33.2 Å². The van der Waals surface area contributed by atoms with E-state index >= 15 is 0 Å². The molecule has 2 rings (SSSR count). The minimum absolute atomic E-state index is 0.109. The number of methoxy groups -OCH3 is 1. The molecule has 0 saturated heterocycles. The number of benzene rings is 1. The smallest absolute Gasteiger partial charge is 0.341 e. The number of carbonyl (C=O) groups is 2. The van der Waals surface area contributed by atoms with Gasteiger partial charge in [0.15, 0.2) is 5.11 Å².